The minimum absolute atomic E-state index is 0.270. The van der Waals surface area contributed by atoms with Gasteiger partial charge in [0.2, 0.25) is 0 Å². The Morgan fingerprint density at radius 1 is 1.04 bits per heavy atom. The largest absolute Gasteiger partial charge is 0.370 e. The molecule has 0 aliphatic rings. The zero-order valence-electron chi connectivity index (χ0n) is 16.5. The molecule has 0 spiro atoms. The molecule has 0 saturated carbocycles. The highest BCUT2D eigenvalue weighted by atomic mass is 16.2. The first-order valence-corrected chi connectivity index (χ1v) is 9.01. The van der Waals surface area contributed by atoms with Gasteiger partial charge in [-0.05, 0) is 23.8 Å². The van der Waals surface area contributed by atoms with Gasteiger partial charge < -0.3 is 4.90 Å². The number of nitrogens with zero attached hydrogens (tertiary/aromatic N) is 4. The van der Waals surface area contributed by atoms with Crippen molar-refractivity contribution in [1.29, 1.82) is 0 Å². The molecule has 6 nitrogen and oxygen atoms in total. The Morgan fingerprint density at radius 3 is 2.08 bits per heavy atom. The lowest BCUT2D eigenvalue weighted by atomic mass is 10.0. The predicted octanol–water partition coefficient (Wildman–Crippen LogP) is 2.31. The first-order valence-electron chi connectivity index (χ1n) is 9.01. The van der Waals surface area contributed by atoms with E-state index in [2.05, 4.69) is 44.5 Å². The summed E-state index contributed by atoms with van der Waals surface area (Å²) < 4.78 is 2.64. The van der Waals surface area contributed by atoms with E-state index in [4.69, 9.17) is 0 Å². The summed E-state index contributed by atoms with van der Waals surface area (Å²) in [5.74, 6) is 0.922. The lowest BCUT2D eigenvalue weighted by molar-refractivity contribution is 0.552. The molecule has 2 aromatic rings. The molecule has 2 aromatic heterocycles. The molecule has 2 rings (SSSR count). The van der Waals surface area contributed by atoms with Crippen LogP contribution in [0.5, 0.6) is 0 Å². The van der Waals surface area contributed by atoms with Crippen LogP contribution in [0.15, 0.2) is 15.8 Å². The zero-order valence-corrected chi connectivity index (χ0v) is 16.5. The van der Waals surface area contributed by atoms with E-state index >= 15 is 0 Å². The van der Waals surface area contributed by atoms with Crippen LogP contribution >= 0.6 is 0 Å². The van der Waals surface area contributed by atoms with E-state index in [-0.39, 0.29) is 11.2 Å². The molecule has 0 aliphatic heterocycles. The van der Waals surface area contributed by atoms with E-state index in [0.717, 1.165) is 30.8 Å². The Balaban J connectivity index is 2.92. The van der Waals surface area contributed by atoms with E-state index < -0.39 is 0 Å². The molecule has 0 fully saturated rings. The van der Waals surface area contributed by atoms with E-state index in [0.29, 0.717) is 22.9 Å². The number of aromatic nitrogens is 3. The third kappa shape index (κ3) is 3.62. The molecule has 0 radical (unpaired) electrons. The van der Waals surface area contributed by atoms with E-state index in [1.165, 1.54) is 16.2 Å². The maximum Gasteiger partial charge on any atom is 0.332 e. The van der Waals surface area contributed by atoms with Gasteiger partial charge in [0.15, 0.2) is 5.65 Å². The second kappa shape index (κ2) is 7.42. The maximum absolute atomic E-state index is 12.9. The van der Waals surface area contributed by atoms with Crippen molar-refractivity contribution in [3.63, 3.8) is 0 Å². The Labute approximate surface area is 149 Å². The van der Waals surface area contributed by atoms with Crippen LogP contribution < -0.4 is 16.1 Å². The number of aryl methyl sites for hydroxylation is 2. The molecule has 0 amide bonds. The summed E-state index contributed by atoms with van der Waals surface area (Å²) in [5.41, 5.74) is 1.82. The van der Waals surface area contributed by atoms with Crippen molar-refractivity contribution in [3.05, 3.63) is 32.6 Å². The predicted molar refractivity (Wildman–Crippen MR) is 103 cm³/mol. The van der Waals surface area contributed by atoms with Gasteiger partial charge in [-0.1, -0.05) is 34.6 Å². The van der Waals surface area contributed by atoms with Crippen LogP contribution in [-0.2, 0) is 20.5 Å². The normalized spacial score (nSPS) is 11.7. The summed E-state index contributed by atoms with van der Waals surface area (Å²) in [7, 11) is 3.20. The molecule has 0 saturated heterocycles. The van der Waals surface area contributed by atoms with E-state index in [1.807, 2.05) is 6.20 Å². The van der Waals surface area contributed by atoms with Gasteiger partial charge in [0, 0.05) is 33.4 Å². The Kier molecular flexibility index (Phi) is 5.70. The molecule has 138 valence electrons. The molecule has 0 bridgehead atoms. The fourth-order valence-electron chi connectivity index (χ4n) is 3.31. The minimum atomic E-state index is -0.348. The number of hydrogen-bond donors (Lipinski definition) is 0. The highest BCUT2D eigenvalue weighted by molar-refractivity contribution is 5.90. The zero-order chi connectivity index (χ0) is 18.9. The van der Waals surface area contributed by atoms with Crippen molar-refractivity contribution < 1.29 is 0 Å². The Hall–Kier alpha value is -2.11. The molecule has 0 unspecified atom stereocenters. The molecule has 2 heterocycles. The monoisotopic (exact) mass is 346 g/mol. The van der Waals surface area contributed by atoms with Gasteiger partial charge in [-0.25, -0.2) is 9.78 Å². The molecule has 25 heavy (non-hydrogen) atoms. The topological polar surface area (TPSA) is 60.1 Å². The molecular formula is C19H30N4O2. The minimum Gasteiger partial charge on any atom is -0.370 e. The number of fused-ring (bicyclic) bond motifs is 1. The van der Waals surface area contributed by atoms with Crippen molar-refractivity contribution in [2.24, 2.45) is 25.9 Å². The van der Waals surface area contributed by atoms with Crippen molar-refractivity contribution in [2.45, 2.75) is 41.0 Å². The quantitative estimate of drug-likeness (QED) is 0.805. The third-order valence-corrected chi connectivity index (χ3v) is 4.39. The van der Waals surface area contributed by atoms with Crippen molar-refractivity contribution in [3.8, 4) is 0 Å². The van der Waals surface area contributed by atoms with Crippen LogP contribution in [0.2, 0.25) is 0 Å². The van der Waals surface area contributed by atoms with Gasteiger partial charge in [-0.2, -0.15) is 0 Å². The summed E-state index contributed by atoms with van der Waals surface area (Å²) in [6.07, 6.45) is 2.60. The number of pyridine rings is 1. The Bertz CT molecular complexity index is 868. The van der Waals surface area contributed by atoms with Crippen LogP contribution in [0.1, 0.15) is 40.2 Å². The van der Waals surface area contributed by atoms with Gasteiger partial charge in [-0.3, -0.25) is 13.9 Å². The van der Waals surface area contributed by atoms with Crippen LogP contribution in [0.4, 0.5) is 5.69 Å². The molecule has 0 N–H and O–H groups in total. The first kappa shape index (κ1) is 19.2. The average Bonchev–Trinajstić information content (AvgIpc) is 2.55. The summed E-state index contributed by atoms with van der Waals surface area (Å²) >= 11 is 0. The van der Waals surface area contributed by atoms with E-state index in [9.17, 15) is 9.59 Å². The van der Waals surface area contributed by atoms with Crippen LogP contribution in [0, 0.1) is 11.8 Å². The molecule has 0 aliphatic carbocycles. The van der Waals surface area contributed by atoms with Gasteiger partial charge >= 0.3 is 5.69 Å². The number of anilines is 1. The molecule has 0 aromatic carbocycles. The fourth-order valence-corrected chi connectivity index (χ4v) is 3.31. The lowest BCUT2D eigenvalue weighted by Gasteiger charge is -2.31. The highest BCUT2D eigenvalue weighted by Crippen LogP contribution is 2.28. The van der Waals surface area contributed by atoms with Crippen molar-refractivity contribution >= 4 is 16.7 Å². The van der Waals surface area contributed by atoms with Crippen molar-refractivity contribution in [2.75, 3.05) is 18.0 Å². The third-order valence-electron chi connectivity index (χ3n) is 4.39. The molecular weight excluding hydrogens is 316 g/mol. The molecule has 6 heteroatoms. The standard InChI is InChI=1S/C19H30N4O2/c1-8-14-9-20-17-15(18(24)22(7)19(25)21(17)6)16(14)23(10-12(2)3)11-13(4)5/h9,12-13H,8,10-11H2,1-7H3. The first-order chi connectivity index (χ1) is 11.7. The smallest absolute Gasteiger partial charge is 0.332 e. The second-order valence-corrected chi connectivity index (χ2v) is 7.58. The van der Waals surface area contributed by atoms with Crippen LogP contribution in [0.3, 0.4) is 0 Å². The van der Waals surface area contributed by atoms with Gasteiger partial charge in [-0.15, -0.1) is 0 Å². The number of rotatable bonds is 6. The lowest BCUT2D eigenvalue weighted by Crippen LogP contribution is -2.39. The van der Waals surface area contributed by atoms with Gasteiger partial charge in [0.1, 0.15) is 5.39 Å². The molecule has 0 atom stereocenters. The van der Waals surface area contributed by atoms with Crippen LogP contribution in [-0.4, -0.2) is 27.2 Å². The Morgan fingerprint density at radius 2 is 1.60 bits per heavy atom. The van der Waals surface area contributed by atoms with Gasteiger partial charge in [0.05, 0.1) is 5.69 Å². The SMILES string of the molecule is CCc1cnc2c(c1N(CC(C)C)CC(C)C)c(=O)n(C)c(=O)n2C. The second-order valence-electron chi connectivity index (χ2n) is 7.58. The summed E-state index contributed by atoms with van der Waals surface area (Å²) in [4.78, 5) is 32.0. The highest BCUT2D eigenvalue weighted by Gasteiger charge is 2.22. The fraction of sp³-hybridized carbons (Fsp3) is 0.632. The average molecular weight is 346 g/mol. The van der Waals surface area contributed by atoms with E-state index in [1.54, 1.807) is 7.05 Å². The van der Waals surface area contributed by atoms with Crippen LogP contribution in [0.25, 0.3) is 11.0 Å². The van der Waals surface area contributed by atoms with Gasteiger partial charge in [0.25, 0.3) is 5.56 Å². The maximum atomic E-state index is 12.9. The number of hydrogen-bond acceptors (Lipinski definition) is 4. The summed E-state index contributed by atoms with van der Waals surface area (Å²) in [6, 6.07) is 0. The summed E-state index contributed by atoms with van der Waals surface area (Å²) in [6.45, 7) is 12.5. The van der Waals surface area contributed by atoms with Crippen molar-refractivity contribution in [1.82, 2.24) is 14.1 Å². The summed E-state index contributed by atoms with van der Waals surface area (Å²) in [5, 5.41) is 0.547.